The van der Waals surface area contributed by atoms with Crippen molar-refractivity contribution in [1.82, 2.24) is 4.90 Å². The fourth-order valence-electron chi connectivity index (χ4n) is 1.05. The van der Waals surface area contributed by atoms with Gasteiger partial charge in [-0.2, -0.15) is 0 Å². The van der Waals surface area contributed by atoms with E-state index in [0.717, 1.165) is 11.3 Å². The summed E-state index contributed by atoms with van der Waals surface area (Å²) in [4.78, 5) is 13.1. The number of carbonyl (C=O) groups excluding carboxylic acids is 1. The lowest BCUT2D eigenvalue weighted by Gasteiger charge is -2.15. The zero-order valence-electron chi connectivity index (χ0n) is 8.95. The van der Waals surface area contributed by atoms with Gasteiger partial charge in [-0.05, 0) is 25.1 Å². The third-order valence-corrected chi connectivity index (χ3v) is 2.10. The second-order valence-electron chi connectivity index (χ2n) is 3.17. The molecule has 0 saturated heterocycles. The van der Waals surface area contributed by atoms with Gasteiger partial charge in [0, 0.05) is 24.8 Å². The Morgan fingerprint density at radius 2 is 2.33 bits per heavy atom. The Balaban J connectivity index is 2.73. The van der Waals surface area contributed by atoms with Gasteiger partial charge in [0.1, 0.15) is 0 Å². The minimum atomic E-state index is -0.133. The van der Waals surface area contributed by atoms with Crippen molar-refractivity contribution in [2.24, 2.45) is 0 Å². The molecule has 1 aromatic carbocycles. The normalized spacial score (nSPS) is 9.13. The predicted molar refractivity (Wildman–Crippen MR) is 61.7 cm³/mol. The van der Waals surface area contributed by atoms with Crippen LogP contribution in [0.2, 0.25) is 0 Å². The molecule has 2 amide bonds. The van der Waals surface area contributed by atoms with Crippen LogP contribution in [0.4, 0.5) is 10.5 Å². The monoisotopic (exact) mass is 202 g/mol. The first-order valence-electron chi connectivity index (χ1n) is 4.76. The van der Waals surface area contributed by atoms with E-state index in [1.165, 1.54) is 0 Å². The number of nitrogens with one attached hydrogen (secondary N) is 1. The number of carbonyl (C=O) groups is 1. The van der Waals surface area contributed by atoms with Gasteiger partial charge >= 0.3 is 6.03 Å². The summed E-state index contributed by atoms with van der Waals surface area (Å²) < 4.78 is 0. The Morgan fingerprint density at radius 1 is 1.60 bits per heavy atom. The first-order valence-corrected chi connectivity index (χ1v) is 4.76. The Kier molecular flexibility index (Phi) is 3.75. The summed E-state index contributed by atoms with van der Waals surface area (Å²) in [6, 6.07) is 7.08. The molecule has 3 nitrogen and oxygen atoms in total. The maximum Gasteiger partial charge on any atom is 0.321 e. The zero-order chi connectivity index (χ0) is 11.3. The van der Waals surface area contributed by atoms with E-state index in [2.05, 4.69) is 11.2 Å². The lowest BCUT2D eigenvalue weighted by molar-refractivity contribution is 0.224. The van der Waals surface area contributed by atoms with Gasteiger partial charge < -0.3 is 10.2 Å². The Morgan fingerprint density at radius 3 is 2.93 bits per heavy atom. The number of benzene rings is 1. The molecular weight excluding hydrogens is 188 g/mol. The molecule has 1 aromatic rings. The van der Waals surface area contributed by atoms with Crippen molar-refractivity contribution >= 4 is 11.7 Å². The second kappa shape index (κ2) is 5.06. The number of hydrogen-bond donors (Lipinski definition) is 1. The van der Waals surface area contributed by atoms with Gasteiger partial charge in [0.05, 0.1) is 0 Å². The lowest BCUT2D eigenvalue weighted by Crippen LogP contribution is -2.30. The third-order valence-electron chi connectivity index (χ3n) is 2.10. The van der Waals surface area contributed by atoms with Crippen molar-refractivity contribution < 1.29 is 4.79 Å². The van der Waals surface area contributed by atoms with Crippen LogP contribution in [0.15, 0.2) is 24.3 Å². The van der Waals surface area contributed by atoms with Crippen molar-refractivity contribution in [2.75, 3.05) is 18.9 Å². The van der Waals surface area contributed by atoms with E-state index in [4.69, 9.17) is 6.42 Å². The highest BCUT2D eigenvalue weighted by atomic mass is 16.2. The molecule has 0 bridgehead atoms. The van der Waals surface area contributed by atoms with Crippen LogP contribution < -0.4 is 5.32 Å². The van der Waals surface area contributed by atoms with Crippen LogP contribution in [0.5, 0.6) is 0 Å². The van der Waals surface area contributed by atoms with Crippen LogP contribution >= 0.6 is 0 Å². The molecule has 0 fully saturated rings. The molecule has 0 radical (unpaired) electrons. The van der Waals surface area contributed by atoms with Gasteiger partial charge in [-0.3, -0.25) is 0 Å². The number of rotatable bonds is 2. The maximum absolute atomic E-state index is 11.5. The minimum Gasteiger partial charge on any atom is -0.328 e. The van der Waals surface area contributed by atoms with Crippen LogP contribution in [0.25, 0.3) is 0 Å². The van der Waals surface area contributed by atoms with Crippen LogP contribution in [0.1, 0.15) is 12.5 Å². The molecule has 1 N–H and O–H groups in total. The average molecular weight is 202 g/mol. The smallest absolute Gasteiger partial charge is 0.321 e. The largest absolute Gasteiger partial charge is 0.328 e. The molecule has 0 saturated carbocycles. The first kappa shape index (κ1) is 11.1. The summed E-state index contributed by atoms with van der Waals surface area (Å²) in [5.74, 6) is 2.52. The Hall–Kier alpha value is -1.95. The molecule has 0 aliphatic carbocycles. The number of amides is 2. The Bertz CT molecular complexity index is 393. The molecule has 0 aliphatic rings. The standard InChI is InChI=1S/C12H14N2O/c1-4-10-7-6-8-11(9-10)13-12(15)14(3)5-2/h1,6-9H,5H2,2-3H3,(H,13,15). The highest BCUT2D eigenvalue weighted by Gasteiger charge is 2.05. The maximum atomic E-state index is 11.5. The van der Waals surface area contributed by atoms with Gasteiger partial charge in [0.25, 0.3) is 0 Å². The fraction of sp³-hybridized carbons (Fsp3) is 0.250. The summed E-state index contributed by atoms with van der Waals surface area (Å²) in [6.07, 6.45) is 5.26. The quantitative estimate of drug-likeness (QED) is 0.732. The molecule has 0 spiro atoms. The summed E-state index contributed by atoms with van der Waals surface area (Å²) >= 11 is 0. The van der Waals surface area contributed by atoms with E-state index in [0.29, 0.717) is 6.54 Å². The molecular formula is C12H14N2O. The molecule has 15 heavy (non-hydrogen) atoms. The lowest BCUT2D eigenvalue weighted by atomic mass is 10.2. The van der Waals surface area contributed by atoms with Crippen molar-refractivity contribution in [3.8, 4) is 12.3 Å². The van der Waals surface area contributed by atoms with Gasteiger partial charge in [0.15, 0.2) is 0 Å². The third kappa shape index (κ3) is 3.03. The highest BCUT2D eigenvalue weighted by molar-refractivity contribution is 5.89. The topological polar surface area (TPSA) is 32.3 Å². The molecule has 0 atom stereocenters. The van der Waals surface area contributed by atoms with Gasteiger partial charge in [-0.1, -0.05) is 12.0 Å². The second-order valence-corrected chi connectivity index (χ2v) is 3.17. The molecule has 0 aliphatic heterocycles. The summed E-state index contributed by atoms with van der Waals surface area (Å²) in [6.45, 7) is 2.58. The highest BCUT2D eigenvalue weighted by Crippen LogP contribution is 2.10. The van der Waals surface area contributed by atoms with Crippen LogP contribution in [-0.2, 0) is 0 Å². The number of terminal acetylenes is 1. The Labute approximate surface area is 90.1 Å². The van der Waals surface area contributed by atoms with Crippen LogP contribution in [-0.4, -0.2) is 24.5 Å². The van der Waals surface area contributed by atoms with Crippen molar-refractivity contribution in [1.29, 1.82) is 0 Å². The number of urea groups is 1. The van der Waals surface area contributed by atoms with Crippen molar-refractivity contribution in [3.05, 3.63) is 29.8 Å². The molecule has 78 valence electrons. The van der Waals surface area contributed by atoms with Gasteiger partial charge in [-0.15, -0.1) is 6.42 Å². The van der Waals surface area contributed by atoms with E-state index in [9.17, 15) is 4.79 Å². The first-order chi connectivity index (χ1) is 7.17. The molecule has 0 unspecified atom stereocenters. The van der Waals surface area contributed by atoms with Crippen molar-refractivity contribution in [2.45, 2.75) is 6.92 Å². The number of anilines is 1. The van der Waals surface area contributed by atoms with Gasteiger partial charge in [-0.25, -0.2) is 4.79 Å². The summed E-state index contributed by atoms with van der Waals surface area (Å²) in [7, 11) is 1.74. The molecule has 1 rings (SSSR count). The zero-order valence-corrected chi connectivity index (χ0v) is 8.95. The van der Waals surface area contributed by atoms with E-state index in [-0.39, 0.29) is 6.03 Å². The SMILES string of the molecule is C#Cc1cccc(NC(=O)N(C)CC)c1. The molecule has 0 aromatic heterocycles. The van der Waals surface area contributed by atoms with E-state index in [1.807, 2.05) is 25.1 Å². The number of nitrogens with zero attached hydrogens (tertiary/aromatic N) is 1. The predicted octanol–water partition coefficient (Wildman–Crippen LogP) is 2.15. The van der Waals surface area contributed by atoms with E-state index in [1.54, 1.807) is 18.0 Å². The van der Waals surface area contributed by atoms with E-state index < -0.39 is 0 Å². The summed E-state index contributed by atoms with van der Waals surface area (Å²) in [5.41, 5.74) is 1.47. The van der Waals surface area contributed by atoms with Crippen LogP contribution in [0.3, 0.4) is 0 Å². The van der Waals surface area contributed by atoms with Gasteiger partial charge in [0.2, 0.25) is 0 Å². The average Bonchev–Trinajstić information content (AvgIpc) is 2.28. The minimum absolute atomic E-state index is 0.133. The fourth-order valence-corrected chi connectivity index (χ4v) is 1.05. The number of hydrogen-bond acceptors (Lipinski definition) is 1. The molecule has 0 heterocycles. The summed E-state index contributed by atoms with van der Waals surface area (Å²) in [5, 5.41) is 2.76. The molecule has 3 heteroatoms. The van der Waals surface area contributed by atoms with E-state index >= 15 is 0 Å². The van der Waals surface area contributed by atoms with Crippen molar-refractivity contribution in [3.63, 3.8) is 0 Å². The van der Waals surface area contributed by atoms with Crippen LogP contribution in [0, 0.1) is 12.3 Å².